The number of thioether (sulfide) groups is 1. The molecule has 94 valence electrons. The predicted molar refractivity (Wildman–Crippen MR) is 74.0 cm³/mol. The van der Waals surface area contributed by atoms with Crippen LogP contribution in [0.2, 0.25) is 0 Å². The molecule has 0 aromatic heterocycles. The second-order valence-electron chi connectivity index (χ2n) is 4.51. The lowest BCUT2D eigenvalue weighted by atomic mass is 9.92. The number of nitrogens with one attached hydrogen (secondary N) is 1. The van der Waals surface area contributed by atoms with E-state index >= 15 is 0 Å². The highest BCUT2D eigenvalue weighted by molar-refractivity contribution is 7.98. The number of hydrogen-bond acceptors (Lipinski definition) is 3. The van der Waals surface area contributed by atoms with Gasteiger partial charge in [-0.05, 0) is 56.8 Å². The number of benzene rings is 1. The summed E-state index contributed by atoms with van der Waals surface area (Å²) in [5.74, 6) is 0.995. The van der Waals surface area contributed by atoms with Crippen molar-refractivity contribution in [2.45, 2.75) is 42.7 Å². The molecule has 0 aliphatic heterocycles. The van der Waals surface area contributed by atoms with Crippen LogP contribution in [0, 0.1) is 0 Å². The Labute approximate surface area is 108 Å². The zero-order chi connectivity index (χ0) is 12.1. The quantitative estimate of drug-likeness (QED) is 0.830. The molecule has 2 unspecified atom stereocenters. The SMILES string of the molecule is CNC1CCCCC1Oc1ccc(SC)cc1. The van der Waals surface area contributed by atoms with Gasteiger partial charge in [-0.15, -0.1) is 11.8 Å². The first-order chi connectivity index (χ1) is 8.33. The Morgan fingerprint density at radius 2 is 1.88 bits per heavy atom. The van der Waals surface area contributed by atoms with Crippen LogP contribution in [0.1, 0.15) is 25.7 Å². The van der Waals surface area contributed by atoms with Gasteiger partial charge in [0.2, 0.25) is 0 Å². The van der Waals surface area contributed by atoms with Gasteiger partial charge in [0, 0.05) is 10.9 Å². The highest BCUT2D eigenvalue weighted by atomic mass is 32.2. The Bertz CT molecular complexity index is 339. The first kappa shape index (κ1) is 12.8. The van der Waals surface area contributed by atoms with Gasteiger partial charge in [-0.2, -0.15) is 0 Å². The van der Waals surface area contributed by atoms with E-state index in [-0.39, 0.29) is 0 Å². The van der Waals surface area contributed by atoms with Gasteiger partial charge in [-0.1, -0.05) is 6.42 Å². The maximum absolute atomic E-state index is 6.09. The Morgan fingerprint density at radius 3 is 2.53 bits per heavy atom. The van der Waals surface area contributed by atoms with Gasteiger partial charge in [-0.3, -0.25) is 0 Å². The second kappa shape index (κ2) is 6.31. The van der Waals surface area contributed by atoms with E-state index in [0.29, 0.717) is 12.1 Å². The maximum Gasteiger partial charge on any atom is 0.119 e. The summed E-state index contributed by atoms with van der Waals surface area (Å²) >= 11 is 1.76. The zero-order valence-corrected chi connectivity index (χ0v) is 11.4. The van der Waals surface area contributed by atoms with Crippen molar-refractivity contribution >= 4 is 11.8 Å². The molecule has 1 aliphatic carbocycles. The Morgan fingerprint density at radius 1 is 1.18 bits per heavy atom. The van der Waals surface area contributed by atoms with Crippen LogP contribution in [-0.4, -0.2) is 25.4 Å². The lowest BCUT2D eigenvalue weighted by molar-refractivity contribution is 0.118. The number of ether oxygens (including phenoxy) is 1. The van der Waals surface area contributed by atoms with Crippen molar-refractivity contribution in [2.24, 2.45) is 0 Å². The summed E-state index contributed by atoms with van der Waals surface area (Å²) in [5.41, 5.74) is 0. The van der Waals surface area contributed by atoms with Crippen molar-refractivity contribution in [1.29, 1.82) is 0 Å². The fourth-order valence-corrected chi connectivity index (χ4v) is 2.81. The standard InChI is InChI=1S/C14H21NOS/c1-15-13-5-3-4-6-14(13)16-11-7-9-12(17-2)10-8-11/h7-10,13-15H,3-6H2,1-2H3. The molecule has 3 heteroatoms. The fraction of sp³-hybridized carbons (Fsp3) is 0.571. The molecule has 17 heavy (non-hydrogen) atoms. The predicted octanol–water partition coefficient (Wildman–Crippen LogP) is 3.32. The van der Waals surface area contributed by atoms with Crippen LogP contribution in [0.5, 0.6) is 5.75 Å². The number of rotatable bonds is 4. The first-order valence-corrected chi connectivity index (χ1v) is 7.54. The third-order valence-corrected chi connectivity index (χ3v) is 4.16. The second-order valence-corrected chi connectivity index (χ2v) is 5.39. The summed E-state index contributed by atoms with van der Waals surface area (Å²) in [4.78, 5) is 1.28. The minimum atomic E-state index is 0.328. The smallest absolute Gasteiger partial charge is 0.119 e. The molecular formula is C14H21NOS. The molecule has 0 radical (unpaired) electrons. The van der Waals surface area contributed by atoms with Crippen LogP contribution >= 0.6 is 11.8 Å². The lowest BCUT2D eigenvalue weighted by Gasteiger charge is -2.31. The van der Waals surface area contributed by atoms with E-state index < -0.39 is 0 Å². The summed E-state index contributed by atoms with van der Waals surface area (Å²) in [6.45, 7) is 0. The summed E-state index contributed by atoms with van der Waals surface area (Å²) in [6.07, 6.45) is 7.41. The average molecular weight is 251 g/mol. The zero-order valence-electron chi connectivity index (χ0n) is 10.6. The topological polar surface area (TPSA) is 21.3 Å². The monoisotopic (exact) mass is 251 g/mol. The Balaban J connectivity index is 1.98. The van der Waals surface area contributed by atoms with E-state index in [2.05, 4.69) is 35.8 Å². The van der Waals surface area contributed by atoms with Crippen molar-refractivity contribution in [3.05, 3.63) is 24.3 Å². The number of hydrogen-bond donors (Lipinski definition) is 1. The molecule has 0 amide bonds. The van der Waals surface area contributed by atoms with Crippen LogP contribution in [0.25, 0.3) is 0 Å². The van der Waals surface area contributed by atoms with E-state index in [9.17, 15) is 0 Å². The number of likely N-dealkylation sites (N-methyl/N-ethyl adjacent to an activating group) is 1. The van der Waals surface area contributed by atoms with Crippen LogP contribution < -0.4 is 10.1 Å². The van der Waals surface area contributed by atoms with Crippen LogP contribution in [0.4, 0.5) is 0 Å². The van der Waals surface area contributed by atoms with Crippen molar-refractivity contribution in [2.75, 3.05) is 13.3 Å². The highest BCUT2D eigenvalue weighted by Crippen LogP contribution is 2.25. The summed E-state index contributed by atoms with van der Waals surface area (Å²) < 4.78 is 6.09. The summed E-state index contributed by atoms with van der Waals surface area (Å²) in [6, 6.07) is 8.90. The highest BCUT2D eigenvalue weighted by Gasteiger charge is 2.25. The molecule has 0 spiro atoms. The van der Waals surface area contributed by atoms with Crippen molar-refractivity contribution in [3.8, 4) is 5.75 Å². The molecule has 1 aromatic carbocycles. The van der Waals surface area contributed by atoms with Crippen LogP contribution in [-0.2, 0) is 0 Å². The van der Waals surface area contributed by atoms with E-state index in [1.54, 1.807) is 11.8 Å². The molecule has 2 nitrogen and oxygen atoms in total. The molecule has 2 rings (SSSR count). The summed E-state index contributed by atoms with van der Waals surface area (Å²) in [5, 5.41) is 3.37. The normalized spacial score (nSPS) is 24.6. The van der Waals surface area contributed by atoms with Gasteiger partial charge in [0.05, 0.1) is 0 Å². The van der Waals surface area contributed by atoms with E-state index in [1.807, 2.05) is 7.05 Å². The molecule has 1 aromatic rings. The molecule has 1 N–H and O–H groups in total. The lowest BCUT2D eigenvalue weighted by Crippen LogP contribution is -2.43. The Hall–Kier alpha value is -0.670. The molecule has 0 saturated heterocycles. The molecule has 1 aliphatic rings. The van der Waals surface area contributed by atoms with Gasteiger partial charge >= 0.3 is 0 Å². The molecular weight excluding hydrogens is 230 g/mol. The third-order valence-electron chi connectivity index (χ3n) is 3.42. The van der Waals surface area contributed by atoms with Crippen molar-refractivity contribution in [1.82, 2.24) is 5.32 Å². The van der Waals surface area contributed by atoms with Gasteiger partial charge in [-0.25, -0.2) is 0 Å². The minimum Gasteiger partial charge on any atom is -0.489 e. The largest absolute Gasteiger partial charge is 0.489 e. The third kappa shape index (κ3) is 3.39. The average Bonchev–Trinajstić information content (AvgIpc) is 2.40. The van der Waals surface area contributed by atoms with E-state index in [4.69, 9.17) is 4.74 Å². The molecule has 0 bridgehead atoms. The summed E-state index contributed by atoms with van der Waals surface area (Å²) in [7, 11) is 2.03. The molecule has 1 fully saturated rings. The van der Waals surface area contributed by atoms with Crippen molar-refractivity contribution < 1.29 is 4.74 Å². The molecule has 1 saturated carbocycles. The van der Waals surface area contributed by atoms with Crippen molar-refractivity contribution in [3.63, 3.8) is 0 Å². The molecule has 0 heterocycles. The molecule has 2 atom stereocenters. The van der Waals surface area contributed by atoms with Gasteiger partial charge in [0.15, 0.2) is 0 Å². The van der Waals surface area contributed by atoms with E-state index in [1.165, 1.54) is 24.2 Å². The van der Waals surface area contributed by atoms with E-state index in [0.717, 1.165) is 12.2 Å². The first-order valence-electron chi connectivity index (χ1n) is 6.31. The van der Waals surface area contributed by atoms with Crippen LogP contribution in [0.3, 0.4) is 0 Å². The minimum absolute atomic E-state index is 0.328. The fourth-order valence-electron chi connectivity index (χ4n) is 2.40. The van der Waals surface area contributed by atoms with Gasteiger partial charge in [0.25, 0.3) is 0 Å². The maximum atomic E-state index is 6.09. The van der Waals surface area contributed by atoms with Crippen LogP contribution in [0.15, 0.2) is 29.2 Å². The van der Waals surface area contributed by atoms with Gasteiger partial charge in [0.1, 0.15) is 11.9 Å². The Kier molecular flexibility index (Phi) is 4.75. The van der Waals surface area contributed by atoms with Gasteiger partial charge < -0.3 is 10.1 Å².